The van der Waals surface area contributed by atoms with Crippen molar-refractivity contribution in [3.63, 3.8) is 0 Å². The Kier molecular flexibility index (Phi) is 9.76. The molecule has 0 aliphatic carbocycles. The molecule has 0 unspecified atom stereocenters. The monoisotopic (exact) mass is 510 g/mol. The van der Waals surface area contributed by atoms with Gasteiger partial charge in [-0.3, -0.25) is 19.2 Å². The number of hydrogen-bond donors (Lipinski definition) is 0. The fourth-order valence-corrected chi connectivity index (χ4v) is 3.85. The minimum Gasteiger partial charge on any atom is -0.463 e. The standard InChI is InChI=1S/C24H30O12/c1-13(25)29-12-19-20(32-14(2)26)21(33-15(3)27)22(34-16(4)28)24(36-19)35-18-10-30-23(31-11-18)17-8-6-5-7-9-17/h5-9,18-24H,10-12H2,1-4H3/t18?,19-,20-,21+,22-,23?,24-/m1/s1. The predicted molar refractivity (Wildman–Crippen MR) is 118 cm³/mol. The van der Waals surface area contributed by atoms with Crippen LogP contribution in [0.5, 0.6) is 0 Å². The summed E-state index contributed by atoms with van der Waals surface area (Å²) in [6.45, 7) is 4.55. The second kappa shape index (κ2) is 12.8. The number of rotatable bonds is 8. The number of ether oxygens (including phenoxy) is 8. The van der Waals surface area contributed by atoms with E-state index in [0.717, 1.165) is 26.3 Å². The molecule has 0 amide bonds. The molecule has 1 aromatic rings. The summed E-state index contributed by atoms with van der Waals surface area (Å²) in [4.78, 5) is 47.0. The van der Waals surface area contributed by atoms with Crippen LogP contribution in [0, 0.1) is 0 Å². The highest BCUT2D eigenvalue weighted by Gasteiger charge is 2.53. The van der Waals surface area contributed by atoms with Crippen molar-refractivity contribution in [1.82, 2.24) is 0 Å². The third-order valence-electron chi connectivity index (χ3n) is 5.21. The van der Waals surface area contributed by atoms with Gasteiger partial charge in [-0.1, -0.05) is 30.3 Å². The van der Waals surface area contributed by atoms with Crippen molar-refractivity contribution in [2.75, 3.05) is 19.8 Å². The molecule has 0 aromatic heterocycles. The highest BCUT2D eigenvalue weighted by Crippen LogP contribution is 2.32. The molecule has 0 radical (unpaired) electrons. The first kappa shape index (κ1) is 27.5. The Morgan fingerprint density at radius 2 is 1.33 bits per heavy atom. The summed E-state index contributed by atoms with van der Waals surface area (Å²) < 4.78 is 44.7. The van der Waals surface area contributed by atoms with E-state index in [1.54, 1.807) is 0 Å². The zero-order chi connectivity index (χ0) is 26.2. The summed E-state index contributed by atoms with van der Waals surface area (Å²) in [6.07, 6.45) is -7.49. The van der Waals surface area contributed by atoms with Crippen LogP contribution in [0.15, 0.2) is 30.3 Å². The molecule has 5 atom stereocenters. The summed E-state index contributed by atoms with van der Waals surface area (Å²) >= 11 is 0. The lowest BCUT2D eigenvalue weighted by Gasteiger charge is -2.45. The smallest absolute Gasteiger partial charge is 0.303 e. The second-order valence-corrected chi connectivity index (χ2v) is 8.24. The molecule has 12 nitrogen and oxygen atoms in total. The average Bonchev–Trinajstić information content (AvgIpc) is 2.82. The van der Waals surface area contributed by atoms with Crippen molar-refractivity contribution < 1.29 is 57.1 Å². The van der Waals surface area contributed by atoms with E-state index in [1.165, 1.54) is 6.92 Å². The quantitative estimate of drug-likeness (QED) is 0.366. The summed E-state index contributed by atoms with van der Waals surface area (Å²) in [5.41, 5.74) is 0.836. The fourth-order valence-electron chi connectivity index (χ4n) is 3.85. The molecule has 36 heavy (non-hydrogen) atoms. The Bertz CT molecular complexity index is 911. The van der Waals surface area contributed by atoms with E-state index >= 15 is 0 Å². The van der Waals surface area contributed by atoms with Crippen molar-refractivity contribution in [2.24, 2.45) is 0 Å². The molecule has 2 fully saturated rings. The minimum atomic E-state index is -1.31. The molecule has 2 aliphatic rings. The van der Waals surface area contributed by atoms with Crippen LogP contribution < -0.4 is 0 Å². The van der Waals surface area contributed by atoms with E-state index < -0.39 is 67.0 Å². The molecule has 1 aromatic carbocycles. The van der Waals surface area contributed by atoms with Gasteiger partial charge < -0.3 is 37.9 Å². The van der Waals surface area contributed by atoms with Gasteiger partial charge in [0.05, 0.1) is 13.2 Å². The SMILES string of the molecule is CC(=O)OC[C@H]1O[C@@H](OC2COC(c3ccccc3)OC2)[C@H](OC(C)=O)[C@@H](OC(C)=O)[C@@H]1OC(C)=O. The molecule has 2 saturated heterocycles. The van der Waals surface area contributed by atoms with Crippen LogP contribution in [0.1, 0.15) is 39.5 Å². The van der Waals surface area contributed by atoms with Crippen LogP contribution in [0.3, 0.4) is 0 Å². The molecule has 0 bridgehead atoms. The van der Waals surface area contributed by atoms with Crippen LogP contribution >= 0.6 is 0 Å². The van der Waals surface area contributed by atoms with Crippen molar-refractivity contribution in [2.45, 2.75) is 70.8 Å². The lowest BCUT2D eigenvalue weighted by molar-refractivity contribution is -0.335. The summed E-state index contributed by atoms with van der Waals surface area (Å²) in [6, 6.07) is 9.34. The first-order valence-electron chi connectivity index (χ1n) is 11.4. The van der Waals surface area contributed by atoms with Crippen molar-refractivity contribution in [3.8, 4) is 0 Å². The number of benzene rings is 1. The van der Waals surface area contributed by atoms with Gasteiger partial charge in [0.2, 0.25) is 0 Å². The lowest BCUT2D eigenvalue weighted by Crippen LogP contribution is -2.63. The summed E-state index contributed by atoms with van der Waals surface area (Å²) in [5.74, 6) is -2.76. The molecule has 0 saturated carbocycles. The molecule has 12 heteroatoms. The largest absolute Gasteiger partial charge is 0.463 e. The van der Waals surface area contributed by atoms with Gasteiger partial charge in [-0.15, -0.1) is 0 Å². The van der Waals surface area contributed by atoms with Gasteiger partial charge in [-0.25, -0.2) is 0 Å². The Morgan fingerprint density at radius 3 is 1.89 bits per heavy atom. The van der Waals surface area contributed by atoms with Gasteiger partial charge in [0.15, 0.2) is 30.9 Å². The van der Waals surface area contributed by atoms with E-state index in [-0.39, 0.29) is 19.8 Å². The zero-order valence-electron chi connectivity index (χ0n) is 20.4. The van der Waals surface area contributed by atoms with E-state index in [1.807, 2.05) is 30.3 Å². The second-order valence-electron chi connectivity index (χ2n) is 8.24. The number of carbonyl (C=O) groups excluding carboxylic acids is 4. The van der Waals surface area contributed by atoms with E-state index in [2.05, 4.69) is 0 Å². The average molecular weight is 510 g/mol. The third-order valence-corrected chi connectivity index (χ3v) is 5.21. The Balaban J connectivity index is 1.80. The summed E-state index contributed by atoms with van der Waals surface area (Å²) in [7, 11) is 0. The molecule has 2 aliphatic heterocycles. The normalized spacial score (nSPS) is 30.1. The third kappa shape index (κ3) is 7.72. The fraction of sp³-hybridized carbons (Fsp3) is 0.583. The van der Waals surface area contributed by atoms with Crippen molar-refractivity contribution in [1.29, 1.82) is 0 Å². The molecule has 0 spiro atoms. The van der Waals surface area contributed by atoms with Crippen LogP contribution in [0.4, 0.5) is 0 Å². The number of esters is 4. The maximum Gasteiger partial charge on any atom is 0.303 e. The van der Waals surface area contributed by atoms with E-state index in [4.69, 9.17) is 37.9 Å². The van der Waals surface area contributed by atoms with Crippen LogP contribution in [-0.2, 0) is 57.1 Å². The van der Waals surface area contributed by atoms with Gasteiger partial charge in [0, 0.05) is 33.3 Å². The van der Waals surface area contributed by atoms with Crippen molar-refractivity contribution in [3.05, 3.63) is 35.9 Å². The molecule has 0 N–H and O–H groups in total. The topological polar surface area (TPSA) is 142 Å². The Labute approximate surface area is 208 Å². The first-order valence-corrected chi connectivity index (χ1v) is 11.4. The predicted octanol–water partition coefficient (Wildman–Crippen LogP) is 1.20. The number of carbonyl (C=O) groups is 4. The highest BCUT2D eigenvalue weighted by molar-refractivity contribution is 5.68. The minimum absolute atomic E-state index is 0.117. The maximum absolute atomic E-state index is 11.9. The zero-order valence-corrected chi connectivity index (χ0v) is 20.4. The first-order chi connectivity index (χ1) is 17.1. The van der Waals surface area contributed by atoms with Gasteiger partial charge in [-0.05, 0) is 0 Å². The molecule has 3 rings (SSSR count). The van der Waals surface area contributed by atoms with Gasteiger partial charge in [0.1, 0.15) is 18.8 Å². The molecule has 198 valence electrons. The van der Waals surface area contributed by atoms with Crippen LogP contribution in [0.2, 0.25) is 0 Å². The Hall–Kier alpha value is -3.06. The van der Waals surface area contributed by atoms with Gasteiger partial charge >= 0.3 is 23.9 Å². The van der Waals surface area contributed by atoms with E-state index in [0.29, 0.717) is 0 Å². The molecule has 2 heterocycles. The van der Waals surface area contributed by atoms with E-state index in [9.17, 15) is 19.2 Å². The van der Waals surface area contributed by atoms with Gasteiger partial charge in [0.25, 0.3) is 0 Å². The van der Waals surface area contributed by atoms with Crippen LogP contribution in [-0.4, -0.2) is 80.5 Å². The van der Waals surface area contributed by atoms with Crippen LogP contribution in [0.25, 0.3) is 0 Å². The van der Waals surface area contributed by atoms with Gasteiger partial charge in [-0.2, -0.15) is 0 Å². The molecular formula is C24H30O12. The highest BCUT2D eigenvalue weighted by atomic mass is 16.8. The van der Waals surface area contributed by atoms with Crippen molar-refractivity contribution >= 4 is 23.9 Å². The Morgan fingerprint density at radius 1 is 0.778 bits per heavy atom. The maximum atomic E-state index is 11.9. The summed E-state index contributed by atoms with van der Waals surface area (Å²) in [5, 5.41) is 0. The molecular weight excluding hydrogens is 480 g/mol. The lowest BCUT2D eigenvalue weighted by atomic mass is 9.98. The number of hydrogen-bond acceptors (Lipinski definition) is 12.